The highest BCUT2D eigenvalue weighted by atomic mass is 16.6. The van der Waals surface area contributed by atoms with Crippen LogP contribution in [0.1, 0.15) is 16.2 Å². The molecular weight excluding hydrogens is 198 g/mol. The smallest absolute Gasteiger partial charge is 0.307 e. The van der Waals surface area contributed by atoms with Gasteiger partial charge in [0.2, 0.25) is 0 Å². The molecule has 0 spiro atoms. The number of nitrogens with zero attached hydrogens (tertiary/aromatic N) is 2. The summed E-state index contributed by atoms with van der Waals surface area (Å²) in [6.45, 7) is 1.66. The third-order valence-corrected chi connectivity index (χ3v) is 2.20. The van der Waals surface area contributed by atoms with Gasteiger partial charge in [-0.05, 0) is 13.0 Å². The van der Waals surface area contributed by atoms with Gasteiger partial charge in [-0.2, -0.15) is 0 Å². The molecule has 0 radical (unpaired) electrons. The number of aromatic nitrogens is 2. The molecule has 0 unspecified atom stereocenters. The van der Waals surface area contributed by atoms with Crippen LogP contribution in [-0.2, 0) is 0 Å². The zero-order valence-electron chi connectivity index (χ0n) is 7.85. The molecule has 6 nitrogen and oxygen atoms in total. The number of hydrogen-bond donors (Lipinski definition) is 1. The Bertz CT molecular complexity index is 559. The molecule has 0 aliphatic carbocycles. The third-order valence-electron chi connectivity index (χ3n) is 2.20. The highest BCUT2D eigenvalue weighted by molar-refractivity contribution is 5.99. The molecule has 0 aliphatic heterocycles. The van der Waals surface area contributed by atoms with E-state index in [0.717, 1.165) is 0 Å². The van der Waals surface area contributed by atoms with Crippen LogP contribution in [0.2, 0.25) is 0 Å². The van der Waals surface area contributed by atoms with E-state index in [-0.39, 0.29) is 11.4 Å². The van der Waals surface area contributed by atoms with Crippen LogP contribution in [0.4, 0.5) is 5.69 Å². The summed E-state index contributed by atoms with van der Waals surface area (Å²) in [6, 6.07) is 1.60. The second kappa shape index (κ2) is 3.16. The van der Waals surface area contributed by atoms with E-state index in [1.54, 1.807) is 13.0 Å². The number of rotatable bonds is 2. The number of carbonyl (C=O) groups is 1. The summed E-state index contributed by atoms with van der Waals surface area (Å²) in [5.74, 6) is 0. The van der Waals surface area contributed by atoms with Crippen LogP contribution in [-0.4, -0.2) is 21.2 Å². The molecule has 0 bridgehead atoms. The highest BCUT2D eigenvalue weighted by Gasteiger charge is 2.23. The van der Waals surface area contributed by atoms with Crippen LogP contribution in [0, 0.1) is 17.0 Å². The largest absolute Gasteiger partial charge is 0.346 e. The Balaban J connectivity index is 2.94. The predicted molar refractivity (Wildman–Crippen MR) is 52.9 cm³/mol. The molecule has 2 heterocycles. The number of fused-ring (bicyclic) bond motifs is 1. The molecule has 2 rings (SSSR count). The second-order valence-corrected chi connectivity index (χ2v) is 3.08. The van der Waals surface area contributed by atoms with Gasteiger partial charge in [0.25, 0.3) is 0 Å². The van der Waals surface area contributed by atoms with Gasteiger partial charge in [-0.15, -0.1) is 0 Å². The van der Waals surface area contributed by atoms with Crippen molar-refractivity contribution in [3.05, 3.63) is 33.8 Å². The quantitative estimate of drug-likeness (QED) is 0.458. The fourth-order valence-electron chi connectivity index (χ4n) is 1.58. The standard InChI is InChI=1S/C9H7N3O3/c1-5-8-6(2-3-10-5)11-7(4-13)9(8)12(14)15/h2-4,11H,1H3. The first kappa shape index (κ1) is 9.32. The van der Waals surface area contributed by atoms with Gasteiger partial charge >= 0.3 is 5.69 Å². The topological polar surface area (TPSA) is 88.9 Å². The summed E-state index contributed by atoms with van der Waals surface area (Å²) in [6.07, 6.45) is 1.98. The van der Waals surface area contributed by atoms with Gasteiger partial charge in [0.1, 0.15) is 0 Å². The number of aromatic amines is 1. The van der Waals surface area contributed by atoms with Crippen LogP contribution in [0.3, 0.4) is 0 Å². The average molecular weight is 205 g/mol. The number of H-pyrrole nitrogens is 1. The van der Waals surface area contributed by atoms with Gasteiger partial charge in [0.05, 0.1) is 21.5 Å². The summed E-state index contributed by atoms with van der Waals surface area (Å²) in [5, 5.41) is 11.2. The van der Waals surface area contributed by atoms with Gasteiger partial charge in [-0.3, -0.25) is 19.9 Å². The predicted octanol–water partition coefficient (Wildman–Crippen LogP) is 1.59. The van der Waals surface area contributed by atoms with Crippen molar-refractivity contribution in [1.82, 2.24) is 9.97 Å². The molecule has 0 aromatic carbocycles. The van der Waals surface area contributed by atoms with E-state index in [0.29, 0.717) is 22.9 Å². The minimum Gasteiger partial charge on any atom is -0.346 e. The van der Waals surface area contributed by atoms with Crippen LogP contribution in [0.5, 0.6) is 0 Å². The zero-order chi connectivity index (χ0) is 11.0. The van der Waals surface area contributed by atoms with Crippen molar-refractivity contribution >= 4 is 22.9 Å². The molecule has 1 N–H and O–H groups in total. The number of aryl methyl sites for hydroxylation is 1. The van der Waals surface area contributed by atoms with E-state index >= 15 is 0 Å². The Morgan fingerprint density at radius 3 is 2.93 bits per heavy atom. The normalized spacial score (nSPS) is 10.5. The van der Waals surface area contributed by atoms with Crippen molar-refractivity contribution < 1.29 is 9.72 Å². The van der Waals surface area contributed by atoms with Gasteiger partial charge in [-0.25, -0.2) is 0 Å². The van der Waals surface area contributed by atoms with Crippen molar-refractivity contribution in [2.45, 2.75) is 6.92 Å². The first-order valence-electron chi connectivity index (χ1n) is 4.22. The van der Waals surface area contributed by atoms with Crippen molar-refractivity contribution in [1.29, 1.82) is 0 Å². The van der Waals surface area contributed by atoms with Gasteiger partial charge in [-0.1, -0.05) is 0 Å². The van der Waals surface area contributed by atoms with E-state index < -0.39 is 4.92 Å². The molecule has 0 atom stereocenters. The monoisotopic (exact) mass is 205 g/mol. The lowest BCUT2D eigenvalue weighted by Crippen LogP contribution is -1.92. The Labute approximate surface area is 84.1 Å². The summed E-state index contributed by atoms with van der Waals surface area (Å²) in [4.78, 5) is 27.5. The maximum Gasteiger partial charge on any atom is 0.307 e. The summed E-state index contributed by atoms with van der Waals surface area (Å²) in [7, 11) is 0. The summed E-state index contributed by atoms with van der Waals surface area (Å²) < 4.78 is 0. The first-order chi connectivity index (χ1) is 7.15. The van der Waals surface area contributed by atoms with Crippen molar-refractivity contribution in [3.63, 3.8) is 0 Å². The molecule has 76 valence electrons. The summed E-state index contributed by atoms with van der Waals surface area (Å²) in [5.41, 5.74) is 0.858. The van der Waals surface area contributed by atoms with Gasteiger partial charge in [0, 0.05) is 6.20 Å². The maximum atomic E-state index is 10.8. The fraction of sp³-hybridized carbons (Fsp3) is 0.111. The lowest BCUT2D eigenvalue weighted by molar-refractivity contribution is -0.383. The molecule has 0 fully saturated rings. The zero-order valence-corrected chi connectivity index (χ0v) is 7.85. The van der Waals surface area contributed by atoms with E-state index in [1.165, 1.54) is 6.20 Å². The average Bonchev–Trinajstić information content (AvgIpc) is 2.57. The van der Waals surface area contributed by atoms with Gasteiger partial charge in [0.15, 0.2) is 12.0 Å². The highest BCUT2D eigenvalue weighted by Crippen LogP contribution is 2.30. The van der Waals surface area contributed by atoms with Crippen molar-refractivity contribution in [2.24, 2.45) is 0 Å². The Hall–Kier alpha value is -2.24. The van der Waals surface area contributed by atoms with Crippen molar-refractivity contribution in [2.75, 3.05) is 0 Å². The summed E-state index contributed by atoms with van der Waals surface area (Å²) >= 11 is 0. The number of nitro groups is 1. The molecule has 6 heteroatoms. The molecule has 0 saturated carbocycles. The number of nitrogens with one attached hydrogen (secondary N) is 1. The van der Waals surface area contributed by atoms with Crippen LogP contribution >= 0.6 is 0 Å². The molecule has 0 aliphatic rings. The second-order valence-electron chi connectivity index (χ2n) is 3.08. The number of carbonyl (C=O) groups excluding carboxylic acids is 1. The molecular formula is C9H7N3O3. The maximum absolute atomic E-state index is 10.8. The molecule has 0 saturated heterocycles. The van der Waals surface area contributed by atoms with E-state index in [1.807, 2.05) is 0 Å². The minimum absolute atomic E-state index is 0.0221. The van der Waals surface area contributed by atoms with E-state index in [2.05, 4.69) is 9.97 Å². The molecule has 2 aromatic heterocycles. The van der Waals surface area contributed by atoms with Crippen LogP contribution < -0.4 is 0 Å². The lowest BCUT2D eigenvalue weighted by Gasteiger charge is -1.93. The van der Waals surface area contributed by atoms with Gasteiger partial charge < -0.3 is 4.98 Å². The SMILES string of the molecule is Cc1nccc2[nH]c(C=O)c([N+](=O)[O-])c12. The number of hydrogen-bond acceptors (Lipinski definition) is 4. The lowest BCUT2D eigenvalue weighted by atomic mass is 10.2. The Kier molecular flexibility index (Phi) is 1.96. The Morgan fingerprint density at radius 2 is 2.33 bits per heavy atom. The molecule has 15 heavy (non-hydrogen) atoms. The van der Waals surface area contributed by atoms with Crippen LogP contribution in [0.25, 0.3) is 10.9 Å². The van der Waals surface area contributed by atoms with E-state index in [9.17, 15) is 14.9 Å². The molecule has 0 amide bonds. The van der Waals surface area contributed by atoms with E-state index in [4.69, 9.17) is 0 Å². The number of aldehydes is 1. The molecule has 2 aromatic rings. The number of pyridine rings is 1. The Morgan fingerprint density at radius 1 is 1.60 bits per heavy atom. The van der Waals surface area contributed by atoms with Crippen molar-refractivity contribution in [3.8, 4) is 0 Å². The first-order valence-corrected chi connectivity index (χ1v) is 4.22. The van der Waals surface area contributed by atoms with Crippen LogP contribution in [0.15, 0.2) is 12.3 Å². The fourth-order valence-corrected chi connectivity index (χ4v) is 1.58. The minimum atomic E-state index is -0.572. The third kappa shape index (κ3) is 1.26.